The van der Waals surface area contributed by atoms with Crippen LogP contribution in [0.1, 0.15) is 23.2 Å². The molecule has 1 aliphatic rings. The smallest absolute Gasteiger partial charge is 0.251 e. The van der Waals surface area contributed by atoms with E-state index in [4.69, 9.17) is 10.2 Å². The Morgan fingerprint density at radius 3 is 2.57 bits per heavy atom. The Kier molecular flexibility index (Phi) is 4.23. The minimum atomic E-state index is -0.389. The Bertz CT molecular complexity index is 720. The first-order valence-electron chi connectivity index (χ1n) is 7.39. The summed E-state index contributed by atoms with van der Waals surface area (Å²) in [4.78, 5) is 27.7. The fourth-order valence-corrected chi connectivity index (χ4v) is 2.68. The van der Waals surface area contributed by atoms with Crippen LogP contribution in [-0.2, 0) is 4.79 Å². The zero-order valence-electron chi connectivity index (χ0n) is 12.4. The van der Waals surface area contributed by atoms with E-state index in [0.717, 1.165) is 5.56 Å². The maximum absolute atomic E-state index is 12.4. The fraction of sp³-hybridized carbons (Fsp3) is 0.235. The molecule has 3 N–H and O–H groups in total. The number of nitrogens with zero attached hydrogens (tertiary/aromatic N) is 1. The van der Waals surface area contributed by atoms with Crippen molar-refractivity contribution in [1.82, 2.24) is 10.3 Å². The van der Waals surface area contributed by atoms with Crippen LogP contribution in [0.3, 0.4) is 0 Å². The topological polar surface area (TPSA) is 98.2 Å². The van der Waals surface area contributed by atoms with Crippen molar-refractivity contribution in [3.63, 3.8) is 0 Å². The molecule has 0 aliphatic heterocycles. The lowest BCUT2D eigenvalue weighted by atomic mass is 9.88. The van der Waals surface area contributed by atoms with Gasteiger partial charge in [-0.2, -0.15) is 0 Å². The average Bonchev–Trinajstić information content (AvgIpc) is 3.10. The number of nitrogens with one attached hydrogen (secondary N) is 1. The van der Waals surface area contributed by atoms with Crippen molar-refractivity contribution in [1.29, 1.82) is 0 Å². The Morgan fingerprint density at radius 1 is 1.17 bits per heavy atom. The van der Waals surface area contributed by atoms with Crippen LogP contribution in [0.5, 0.6) is 0 Å². The van der Waals surface area contributed by atoms with E-state index in [1.165, 1.54) is 6.39 Å². The van der Waals surface area contributed by atoms with Gasteiger partial charge in [-0.25, -0.2) is 4.98 Å². The number of hydrogen-bond donors (Lipinski definition) is 2. The average molecular weight is 311 g/mol. The van der Waals surface area contributed by atoms with Crippen molar-refractivity contribution >= 4 is 11.8 Å². The van der Waals surface area contributed by atoms with Crippen LogP contribution in [0.2, 0.25) is 0 Å². The third-order valence-electron chi connectivity index (χ3n) is 3.98. The maximum atomic E-state index is 12.4. The molecule has 2 amide bonds. The number of nitrogens with two attached hydrogens (primary N) is 1. The molecular formula is C17H17N3O3. The lowest BCUT2D eigenvalue weighted by molar-refractivity contribution is -0.122. The standard InChI is InChI=1S/C17H17N3O3/c18-16(21)13-3-1-2-4-14(13)20-17(22)12-7-5-11(6-8-12)15-9-19-10-23-15/h1-2,5-10,13-14H,3-4H2,(H2,18,21)(H,20,22)/t13-,14-/m1/s1. The minimum absolute atomic E-state index is 0.222. The number of oxazole rings is 1. The summed E-state index contributed by atoms with van der Waals surface area (Å²) < 4.78 is 5.21. The molecule has 2 atom stereocenters. The van der Waals surface area contributed by atoms with E-state index in [2.05, 4.69) is 10.3 Å². The number of primary amides is 1. The second-order valence-electron chi connectivity index (χ2n) is 5.47. The lowest BCUT2D eigenvalue weighted by Crippen LogP contribution is -2.46. The minimum Gasteiger partial charge on any atom is -0.444 e. The molecule has 23 heavy (non-hydrogen) atoms. The van der Waals surface area contributed by atoms with Gasteiger partial charge in [0.05, 0.1) is 12.1 Å². The van der Waals surface area contributed by atoms with Crippen molar-refractivity contribution in [2.75, 3.05) is 0 Å². The van der Waals surface area contributed by atoms with E-state index in [1.807, 2.05) is 12.2 Å². The van der Waals surface area contributed by atoms with E-state index in [-0.39, 0.29) is 23.8 Å². The first-order chi connectivity index (χ1) is 11.1. The molecule has 0 radical (unpaired) electrons. The molecule has 6 nitrogen and oxygen atoms in total. The number of aromatic nitrogens is 1. The second kappa shape index (κ2) is 6.48. The van der Waals surface area contributed by atoms with E-state index in [9.17, 15) is 9.59 Å². The summed E-state index contributed by atoms with van der Waals surface area (Å²) in [7, 11) is 0. The summed E-state index contributed by atoms with van der Waals surface area (Å²) in [5.41, 5.74) is 6.77. The Hall–Kier alpha value is -2.89. The predicted molar refractivity (Wildman–Crippen MR) is 84.3 cm³/mol. The lowest BCUT2D eigenvalue weighted by Gasteiger charge is -2.26. The van der Waals surface area contributed by atoms with Crippen molar-refractivity contribution in [3.05, 3.63) is 54.6 Å². The maximum Gasteiger partial charge on any atom is 0.251 e. The second-order valence-corrected chi connectivity index (χ2v) is 5.47. The van der Waals surface area contributed by atoms with Crippen molar-refractivity contribution in [3.8, 4) is 11.3 Å². The molecule has 118 valence electrons. The number of amides is 2. The Morgan fingerprint density at radius 2 is 1.91 bits per heavy atom. The highest BCUT2D eigenvalue weighted by atomic mass is 16.3. The molecule has 0 saturated heterocycles. The third kappa shape index (κ3) is 3.31. The van der Waals surface area contributed by atoms with Crippen molar-refractivity contribution < 1.29 is 14.0 Å². The Labute approximate surface area is 133 Å². The van der Waals surface area contributed by atoms with Gasteiger partial charge in [-0.3, -0.25) is 9.59 Å². The predicted octanol–water partition coefficient (Wildman–Crippen LogP) is 1.89. The highest BCUT2D eigenvalue weighted by molar-refractivity contribution is 5.95. The van der Waals surface area contributed by atoms with E-state index in [0.29, 0.717) is 24.2 Å². The van der Waals surface area contributed by atoms with E-state index < -0.39 is 0 Å². The van der Waals surface area contributed by atoms with Crippen LogP contribution in [0, 0.1) is 5.92 Å². The first-order valence-corrected chi connectivity index (χ1v) is 7.39. The molecule has 2 aromatic rings. The van der Waals surface area contributed by atoms with Gasteiger partial charge in [0.2, 0.25) is 5.91 Å². The molecule has 0 spiro atoms. The number of carbonyl (C=O) groups is 2. The zero-order chi connectivity index (χ0) is 16.2. The van der Waals surface area contributed by atoms with E-state index in [1.54, 1.807) is 30.5 Å². The summed E-state index contributed by atoms with van der Waals surface area (Å²) in [6, 6.07) is 6.75. The Balaban J connectivity index is 1.70. The number of carbonyl (C=O) groups excluding carboxylic acids is 2. The van der Waals surface area contributed by atoms with Gasteiger partial charge in [-0.15, -0.1) is 0 Å². The summed E-state index contributed by atoms with van der Waals surface area (Å²) in [5.74, 6) is -0.332. The molecule has 0 saturated carbocycles. The number of allylic oxidation sites excluding steroid dienone is 1. The molecule has 1 heterocycles. The molecule has 1 aromatic carbocycles. The molecule has 0 unspecified atom stereocenters. The number of benzene rings is 1. The van der Waals surface area contributed by atoms with Crippen LogP contribution >= 0.6 is 0 Å². The van der Waals surface area contributed by atoms with Gasteiger partial charge in [0, 0.05) is 17.2 Å². The molecule has 3 rings (SSSR count). The molecular weight excluding hydrogens is 294 g/mol. The molecule has 1 aliphatic carbocycles. The highest BCUT2D eigenvalue weighted by Gasteiger charge is 2.28. The third-order valence-corrected chi connectivity index (χ3v) is 3.98. The van der Waals surface area contributed by atoms with Gasteiger partial charge in [-0.1, -0.05) is 24.3 Å². The van der Waals surface area contributed by atoms with Crippen LogP contribution in [0.4, 0.5) is 0 Å². The van der Waals surface area contributed by atoms with Gasteiger partial charge < -0.3 is 15.5 Å². The van der Waals surface area contributed by atoms with Crippen LogP contribution in [-0.4, -0.2) is 22.8 Å². The van der Waals surface area contributed by atoms with Crippen LogP contribution in [0.25, 0.3) is 11.3 Å². The van der Waals surface area contributed by atoms with Gasteiger partial charge in [0.1, 0.15) is 0 Å². The SMILES string of the molecule is NC(=O)[C@@H]1CC=CC[C@H]1NC(=O)c1ccc(-c2cnco2)cc1. The zero-order valence-corrected chi connectivity index (χ0v) is 12.4. The molecule has 6 heteroatoms. The number of rotatable bonds is 4. The first kappa shape index (κ1) is 15.0. The summed E-state index contributed by atoms with van der Waals surface area (Å²) in [5, 5.41) is 2.89. The normalized spacial score (nSPS) is 20.2. The van der Waals surface area contributed by atoms with Crippen LogP contribution in [0.15, 0.2) is 53.4 Å². The van der Waals surface area contributed by atoms with Crippen molar-refractivity contribution in [2.45, 2.75) is 18.9 Å². The van der Waals surface area contributed by atoms with Crippen LogP contribution < -0.4 is 11.1 Å². The van der Waals surface area contributed by atoms with Gasteiger partial charge in [0.15, 0.2) is 12.2 Å². The highest BCUT2D eigenvalue weighted by Crippen LogP contribution is 2.21. The summed E-state index contributed by atoms with van der Waals surface area (Å²) >= 11 is 0. The van der Waals surface area contributed by atoms with Gasteiger partial charge in [-0.05, 0) is 25.0 Å². The fourth-order valence-electron chi connectivity index (χ4n) is 2.68. The quantitative estimate of drug-likeness (QED) is 0.842. The number of hydrogen-bond acceptors (Lipinski definition) is 4. The van der Waals surface area contributed by atoms with Gasteiger partial charge in [0.25, 0.3) is 5.91 Å². The largest absolute Gasteiger partial charge is 0.444 e. The monoisotopic (exact) mass is 311 g/mol. The van der Waals surface area contributed by atoms with E-state index >= 15 is 0 Å². The summed E-state index contributed by atoms with van der Waals surface area (Å²) in [6.45, 7) is 0. The molecule has 1 aromatic heterocycles. The molecule has 0 fully saturated rings. The van der Waals surface area contributed by atoms with Gasteiger partial charge >= 0.3 is 0 Å². The summed E-state index contributed by atoms with van der Waals surface area (Å²) in [6.07, 6.45) is 8.01. The van der Waals surface area contributed by atoms with Crippen molar-refractivity contribution in [2.24, 2.45) is 11.7 Å². The molecule has 0 bridgehead atoms.